The van der Waals surface area contributed by atoms with Crippen LogP contribution in [0.2, 0.25) is 0 Å². The number of rotatable bonds is 19. The first-order valence-electron chi connectivity index (χ1n) is 11.5. The fourth-order valence-electron chi connectivity index (χ4n) is 3.66. The summed E-state index contributed by atoms with van der Waals surface area (Å²) in [4.78, 5) is 1.57. The summed E-state index contributed by atoms with van der Waals surface area (Å²) in [7, 11) is 0. The van der Waals surface area contributed by atoms with Crippen LogP contribution in [0, 0.1) is 0 Å². The van der Waals surface area contributed by atoms with E-state index in [1.54, 1.807) is 4.88 Å². The maximum atomic E-state index is 2.30. The second-order valence-corrected chi connectivity index (χ2v) is 8.87. The minimum absolute atomic E-state index is 1.30. The summed E-state index contributed by atoms with van der Waals surface area (Å²) in [6, 6.07) is 4.45. The van der Waals surface area contributed by atoms with Crippen LogP contribution in [0.5, 0.6) is 0 Å². The molecule has 146 valence electrons. The average molecular weight is 365 g/mol. The zero-order valence-electron chi connectivity index (χ0n) is 17.1. The van der Waals surface area contributed by atoms with E-state index < -0.39 is 0 Å². The molecule has 0 aliphatic heterocycles. The quantitative estimate of drug-likeness (QED) is 0.214. The van der Waals surface area contributed by atoms with Crippen LogP contribution < -0.4 is 0 Å². The van der Waals surface area contributed by atoms with Gasteiger partial charge in [0.25, 0.3) is 0 Å². The van der Waals surface area contributed by atoms with Gasteiger partial charge < -0.3 is 0 Å². The lowest BCUT2D eigenvalue weighted by atomic mass is 10.0. The molecule has 0 aliphatic carbocycles. The lowest BCUT2D eigenvalue weighted by molar-refractivity contribution is 0.525. The summed E-state index contributed by atoms with van der Waals surface area (Å²) in [6.07, 6.45) is 27.6. The largest absolute Gasteiger partial charge is 0.149 e. The van der Waals surface area contributed by atoms with E-state index in [2.05, 4.69) is 24.4 Å². The van der Waals surface area contributed by atoms with Crippen molar-refractivity contribution >= 4 is 11.3 Å². The molecule has 1 aromatic rings. The fraction of sp³-hybridized carbons (Fsp3) is 0.833. The Labute approximate surface area is 162 Å². The Hall–Kier alpha value is -0.300. The first kappa shape index (κ1) is 22.7. The molecule has 1 heteroatoms. The molecule has 0 bridgehead atoms. The number of unbranched alkanes of at least 4 members (excludes halogenated alkanes) is 17. The number of thiophene rings is 1. The van der Waals surface area contributed by atoms with Crippen molar-refractivity contribution in [2.75, 3.05) is 0 Å². The van der Waals surface area contributed by atoms with Gasteiger partial charge >= 0.3 is 0 Å². The number of hydrogen-bond acceptors (Lipinski definition) is 1. The van der Waals surface area contributed by atoms with E-state index >= 15 is 0 Å². The lowest BCUT2D eigenvalue weighted by Crippen LogP contribution is -1.85. The average Bonchev–Trinajstić information content (AvgIpc) is 3.14. The summed E-state index contributed by atoms with van der Waals surface area (Å²) in [5, 5.41) is 2.20. The summed E-state index contributed by atoms with van der Waals surface area (Å²) in [5.41, 5.74) is 0. The molecule has 25 heavy (non-hydrogen) atoms. The number of hydrogen-bond donors (Lipinski definition) is 0. The Balaban J connectivity index is 1.65. The van der Waals surface area contributed by atoms with E-state index in [4.69, 9.17) is 0 Å². The van der Waals surface area contributed by atoms with Crippen LogP contribution in [-0.2, 0) is 6.42 Å². The molecule has 0 amide bonds. The summed E-state index contributed by atoms with van der Waals surface area (Å²) < 4.78 is 0. The molecule has 1 rings (SSSR count). The highest BCUT2D eigenvalue weighted by molar-refractivity contribution is 7.09. The molecule has 0 saturated heterocycles. The van der Waals surface area contributed by atoms with Gasteiger partial charge in [-0.05, 0) is 24.3 Å². The SMILES string of the molecule is CCCCCCCCCCCCCCCCCCCCc1cccs1. The van der Waals surface area contributed by atoms with Crippen LogP contribution in [0.3, 0.4) is 0 Å². The fourth-order valence-corrected chi connectivity index (χ4v) is 4.41. The molecular formula is C24H44S. The van der Waals surface area contributed by atoms with Gasteiger partial charge in [0.15, 0.2) is 0 Å². The summed E-state index contributed by atoms with van der Waals surface area (Å²) >= 11 is 1.91. The van der Waals surface area contributed by atoms with Crippen molar-refractivity contribution in [3.8, 4) is 0 Å². The third-order valence-electron chi connectivity index (χ3n) is 5.36. The maximum absolute atomic E-state index is 2.30. The Bertz CT molecular complexity index is 341. The smallest absolute Gasteiger partial charge is 0.00452 e. The van der Waals surface area contributed by atoms with Gasteiger partial charge in [-0.1, -0.05) is 122 Å². The van der Waals surface area contributed by atoms with Crippen LogP contribution in [0.15, 0.2) is 17.5 Å². The molecule has 0 fully saturated rings. The minimum Gasteiger partial charge on any atom is -0.149 e. The van der Waals surface area contributed by atoms with Gasteiger partial charge in [-0.2, -0.15) is 0 Å². The van der Waals surface area contributed by atoms with Gasteiger partial charge in [-0.3, -0.25) is 0 Å². The Morgan fingerprint density at radius 3 is 1.32 bits per heavy atom. The van der Waals surface area contributed by atoms with Gasteiger partial charge in [0.1, 0.15) is 0 Å². The van der Waals surface area contributed by atoms with Gasteiger partial charge in [-0.15, -0.1) is 11.3 Å². The zero-order chi connectivity index (χ0) is 17.8. The van der Waals surface area contributed by atoms with Crippen molar-refractivity contribution in [3.63, 3.8) is 0 Å². The molecule has 0 nitrogen and oxygen atoms in total. The first-order chi connectivity index (χ1) is 12.4. The normalized spacial score (nSPS) is 11.2. The minimum atomic E-state index is 1.30. The van der Waals surface area contributed by atoms with Crippen LogP contribution in [0.1, 0.15) is 127 Å². The summed E-state index contributed by atoms with van der Waals surface area (Å²) in [6.45, 7) is 2.30. The molecule has 0 spiro atoms. The lowest BCUT2D eigenvalue weighted by Gasteiger charge is -2.03. The second-order valence-electron chi connectivity index (χ2n) is 7.84. The van der Waals surface area contributed by atoms with Gasteiger partial charge in [0, 0.05) is 4.88 Å². The van der Waals surface area contributed by atoms with Gasteiger partial charge in [-0.25, -0.2) is 0 Å². The summed E-state index contributed by atoms with van der Waals surface area (Å²) in [5.74, 6) is 0. The highest BCUT2D eigenvalue weighted by Crippen LogP contribution is 2.16. The molecule has 1 aromatic heterocycles. The van der Waals surface area contributed by atoms with Crippen LogP contribution >= 0.6 is 11.3 Å². The van der Waals surface area contributed by atoms with Crippen LogP contribution in [-0.4, -0.2) is 0 Å². The Morgan fingerprint density at radius 2 is 0.960 bits per heavy atom. The maximum Gasteiger partial charge on any atom is 0.00452 e. The molecule has 1 heterocycles. The topological polar surface area (TPSA) is 0 Å². The molecule has 0 N–H and O–H groups in total. The van der Waals surface area contributed by atoms with Gasteiger partial charge in [0.05, 0.1) is 0 Å². The Kier molecular flexibility index (Phi) is 16.8. The van der Waals surface area contributed by atoms with E-state index in [1.165, 1.54) is 122 Å². The highest BCUT2D eigenvalue weighted by Gasteiger charge is 1.96. The molecule has 0 radical (unpaired) electrons. The molecule has 0 aromatic carbocycles. The van der Waals surface area contributed by atoms with E-state index in [1.807, 2.05) is 11.3 Å². The van der Waals surface area contributed by atoms with Crippen molar-refractivity contribution in [2.24, 2.45) is 0 Å². The predicted molar refractivity (Wildman–Crippen MR) is 117 cm³/mol. The zero-order valence-corrected chi connectivity index (χ0v) is 17.9. The second kappa shape index (κ2) is 18.5. The van der Waals surface area contributed by atoms with Crippen molar-refractivity contribution < 1.29 is 0 Å². The molecular weight excluding hydrogens is 320 g/mol. The van der Waals surface area contributed by atoms with Crippen molar-refractivity contribution in [3.05, 3.63) is 22.4 Å². The third kappa shape index (κ3) is 15.7. The van der Waals surface area contributed by atoms with E-state index in [9.17, 15) is 0 Å². The third-order valence-corrected chi connectivity index (χ3v) is 6.29. The van der Waals surface area contributed by atoms with Crippen molar-refractivity contribution in [2.45, 2.75) is 129 Å². The van der Waals surface area contributed by atoms with E-state index in [0.717, 1.165) is 0 Å². The van der Waals surface area contributed by atoms with Gasteiger partial charge in [0.2, 0.25) is 0 Å². The van der Waals surface area contributed by atoms with Crippen LogP contribution in [0.4, 0.5) is 0 Å². The Morgan fingerprint density at radius 1 is 0.560 bits per heavy atom. The molecule has 0 atom stereocenters. The molecule has 0 aliphatic rings. The first-order valence-corrected chi connectivity index (χ1v) is 12.3. The van der Waals surface area contributed by atoms with Crippen LogP contribution in [0.25, 0.3) is 0 Å². The predicted octanol–water partition coefficient (Wildman–Crippen LogP) is 9.33. The monoisotopic (exact) mass is 364 g/mol. The van der Waals surface area contributed by atoms with Crippen molar-refractivity contribution in [1.82, 2.24) is 0 Å². The van der Waals surface area contributed by atoms with E-state index in [0.29, 0.717) is 0 Å². The standard InChI is InChI=1S/C24H44S/c1-2-3-4-5-6-7-8-9-10-11-12-13-14-15-16-17-18-19-21-24-22-20-23-25-24/h20,22-23H,2-19,21H2,1H3. The van der Waals surface area contributed by atoms with E-state index in [-0.39, 0.29) is 0 Å². The number of aryl methyl sites for hydroxylation is 1. The highest BCUT2D eigenvalue weighted by atomic mass is 32.1. The van der Waals surface area contributed by atoms with Crippen molar-refractivity contribution in [1.29, 1.82) is 0 Å². The molecule has 0 unspecified atom stereocenters. The molecule has 0 saturated carbocycles.